The lowest BCUT2D eigenvalue weighted by Crippen LogP contribution is -2.35. The van der Waals surface area contributed by atoms with Crippen molar-refractivity contribution in [1.82, 2.24) is 15.2 Å². The van der Waals surface area contributed by atoms with Crippen molar-refractivity contribution < 1.29 is 9.59 Å². The highest BCUT2D eigenvalue weighted by Gasteiger charge is 2.15. The van der Waals surface area contributed by atoms with E-state index >= 15 is 0 Å². The van der Waals surface area contributed by atoms with Crippen molar-refractivity contribution in [3.8, 4) is 0 Å². The number of urea groups is 1. The molecule has 2 rings (SSSR count). The van der Waals surface area contributed by atoms with Crippen molar-refractivity contribution in [3.05, 3.63) is 24.5 Å². The van der Waals surface area contributed by atoms with Crippen molar-refractivity contribution in [2.24, 2.45) is 0 Å². The fourth-order valence-electron chi connectivity index (χ4n) is 2.36. The zero-order valence-electron chi connectivity index (χ0n) is 12.2. The highest BCUT2D eigenvalue weighted by atomic mass is 16.2. The van der Waals surface area contributed by atoms with Gasteiger partial charge in [0, 0.05) is 32.3 Å². The molecule has 6 heteroatoms. The fourth-order valence-corrected chi connectivity index (χ4v) is 2.36. The molecule has 6 nitrogen and oxygen atoms in total. The largest absolute Gasteiger partial charge is 0.343 e. The van der Waals surface area contributed by atoms with Crippen molar-refractivity contribution in [2.45, 2.75) is 32.1 Å². The second kappa shape index (κ2) is 8.24. The van der Waals surface area contributed by atoms with E-state index in [0.29, 0.717) is 25.2 Å². The van der Waals surface area contributed by atoms with E-state index in [1.165, 1.54) is 0 Å². The van der Waals surface area contributed by atoms with Crippen LogP contribution >= 0.6 is 0 Å². The molecule has 1 aliphatic rings. The van der Waals surface area contributed by atoms with Crippen molar-refractivity contribution >= 4 is 17.6 Å². The lowest BCUT2D eigenvalue weighted by Gasteiger charge is -2.20. The molecular formula is C15H22N4O2. The van der Waals surface area contributed by atoms with Gasteiger partial charge in [0.2, 0.25) is 5.91 Å². The van der Waals surface area contributed by atoms with Crippen molar-refractivity contribution in [3.63, 3.8) is 0 Å². The lowest BCUT2D eigenvalue weighted by atomic mass is 10.2. The Labute approximate surface area is 124 Å². The zero-order chi connectivity index (χ0) is 14.9. The number of aromatic nitrogens is 1. The van der Waals surface area contributed by atoms with Gasteiger partial charge in [-0.05, 0) is 31.4 Å². The van der Waals surface area contributed by atoms with Crippen LogP contribution in [0.4, 0.5) is 10.5 Å². The minimum Gasteiger partial charge on any atom is -0.343 e. The first kappa shape index (κ1) is 15.3. The van der Waals surface area contributed by atoms with E-state index in [1.54, 1.807) is 24.5 Å². The molecule has 2 N–H and O–H groups in total. The van der Waals surface area contributed by atoms with Gasteiger partial charge in [-0.1, -0.05) is 6.42 Å². The molecule has 0 saturated carbocycles. The van der Waals surface area contributed by atoms with Crippen molar-refractivity contribution in [1.29, 1.82) is 0 Å². The Hall–Kier alpha value is -2.11. The summed E-state index contributed by atoms with van der Waals surface area (Å²) in [4.78, 5) is 29.3. The average molecular weight is 290 g/mol. The molecule has 0 unspecified atom stereocenters. The van der Waals surface area contributed by atoms with Crippen LogP contribution in [0.15, 0.2) is 24.5 Å². The van der Waals surface area contributed by atoms with E-state index in [9.17, 15) is 9.59 Å². The Bertz CT molecular complexity index is 464. The monoisotopic (exact) mass is 290 g/mol. The van der Waals surface area contributed by atoms with Crippen LogP contribution in [0.2, 0.25) is 0 Å². The van der Waals surface area contributed by atoms with Crippen LogP contribution in [-0.2, 0) is 4.79 Å². The number of anilines is 1. The van der Waals surface area contributed by atoms with E-state index in [0.717, 1.165) is 32.2 Å². The van der Waals surface area contributed by atoms with Crippen LogP contribution in [0.1, 0.15) is 32.1 Å². The Morgan fingerprint density at radius 3 is 3.05 bits per heavy atom. The summed E-state index contributed by atoms with van der Waals surface area (Å²) in [6.45, 7) is 2.11. The Morgan fingerprint density at radius 2 is 2.24 bits per heavy atom. The van der Waals surface area contributed by atoms with Crippen LogP contribution in [0.3, 0.4) is 0 Å². The molecule has 0 aromatic carbocycles. The summed E-state index contributed by atoms with van der Waals surface area (Å²) in [6, 6.07) is 3.30. The smallest absolute Gasteiger partial charge is 0.319 e. The van der Waals surface area contributed by atoms with Gasteiger partial charge >= 0.3 is 6.03 Å². The first-order valence-corrected chi connectivity index (χ1v) is 7.48. The molecule has 0 spiro atoms. The van der Waals surface area contributed by atoms with Gasteiger partial charge in [-0.2, -0.15) is 0 Å². The number of pyridine rings is 1. The topological polar surface area (TPSA) is 74.3 Å². The van der Waals surface area contributed by atoms with Crippen LogP contribution < -0.4 is 10.6 Å². The first-order valence-electron chi connectivity index (χ1n) is 7.48. The number of nitrogens with one attached hydrogen (secondary N) is 2. The summed E-state index contributed by atoms with van der Waals surface area (Å²) in [5, 5.41) is 5.49. The summed E-state index contributed by atoms with van der Waals surface area (Å²) in [5.74, 6) is 0.243. The van der Waals surface area contributed by atoms with Gasteiger partial charge in [-0.25, -0.2) is 4.79 Å². The Kier molecular flexibility index (Phi) is 5.99. The maximum absolute atomic E-state index is 11.8. The third-order valence-corrected chi connectivity index (χ3v) is 3.48. The van der Waals surface area contributed by atoms with E-state index in [4.69, 9.17) is 0 Å². The summed E-state index contributed by atoms with van der Waals surface area (Å²) in [7, 11) is 0. The predicted molar refractivity (Wildman–Crippen MR) is 80.9 cm³/mol. The SMILES string of the molecule is O=C(NCCCN1CCCCCC1=O)Nc1cccnc1. The summed E-state index contributed by atoms with van der Waals surface area (Å²) < 4.78 is 0. The Morgan fingerprint density at radius 1 is 1.33 bits per heavy atom. The van der Waals surface area contributed by atoms with Crippen molar-refractivity contribution in [2.75, 3.05) is 25.0 Å². The maximum Gasteiger partial charge on any atom is 0.319 e. The van der Waals surface area contributed by atoms with E-state index in [-0.39, 0.29) is 11.9 Å². The number of likely N-dealkylation sites (tertiary alicyclic amines) is 1. The van der Waals surface area contributed by atoms with Gasteiger partial charge < -0.3 is 15.5 Å². The second-order valence-corrected chi connectivity index (χ2v) is 5.17. The molecule has 0 bridgehead atoms. The molecule has 1 aliphatic heterocycles. The molecule has 0 radical (unpaired) electrons. The number of rotatable bonds is 5. The van der Waals surface area contributed by atoms with Gasteiger partial charge in [0.15, 0.2) is 0 Å². The highest BCUT2D eigenvalue weighted by molar-refractivity contribution is 5.88. The van der Waals surface area contributed by atoms with Gasteiger partial charge in [0.25, 0.3) is 0 Å². The summed E-state index contributed by atoms with van der Waals surface area (Å²) in [6.07, 6.45) is 7.90. The average Bonchev–Trinajstić information content (AvgIpc) is 2.69. The molecule has 1 saturated heterocycles. The molecule has 3 amide bonds. The third-order valence-electron chi connectivity index (χ3n) is 3.48. The minimum atomic E-state index is -0.245. The van der Waals surface area contributed by atoms with E-state index in [2.05, 4.69) is 15.6 Å². The summed E-state index contributed by atoms with van der Waals surface area (Å²) >= 11 is 0. The zero-order valence-corrected chi connectivity index (χ0v) is 12.2. The summed E-state index contributed by atoms with van der Waals surface area (Å²) in [5.41, 5.74) is 0.665. The molecular weight excluding hydrogens is 268 g/mol. The van der Waals surface area contributed by atoms with Crippen LogP contribution in [0.5, 0.6) is 0 Å². The van der Waals surface area contributed by atoms with Gasteiger partial charge in [-0.3, -0.25) is 9.78 Å². The molecule has 114 valence electrons. The van der Waals surface area contributed by atoms with E-state index < -0.39 is 0 Å². The van der Waals surface area contributed by atoms with Gasteiger partial charge in [0.1, 0.15) is 0 Å². The Balaban J connectivity index is 1.62. The quantitative estimate of drug-likeness (QED) is 0.814. The number of nitrogens with zero attached hydrogens (tertiary/aromatic N) is 2. The number of hydrogen-bond acceptors (Lipinski definition) is 3. The maximum atomic E-state index is 11.8. The minimum absolute atomic E-state index is 0.243. The number of amides is 3. The van der Waals surface area contributed by atoms with Crippen LogP contribution in [0, 0.1) is 0 Å². The van der Waals surface area contributed by atoms with E-state index in [1.807, 2.05) is 4.90 Å². The molecule has 21 heavy (non-hydrogen) atoms. The molecule has 1 aromatic heterocycles. The van der Waals surface area contributed by atoms with Crippen LogP contribution in [-0.4, -0.2) is 41.5 Å². The number of carbonyl (C=O) groups is 2. The van der Waals surface area contributed by atoms with Gasteiger partial charge in [-0.15, -0.1) is 0 Å². The lowest BCUT2D eigenvalue weighted by molar-refractivity contribution is -0.130. The first-order chi connectivity index (χ1) is 10.3. The third kappa shape index (κ3) is 5.41. The van der Waals surface area contributed by atoms with Crippen LogP contribution in [0.25, 0.3) is 0 Å². The molecule has 0 atom stereocenters. The molecule has 1 fully saturated rings. The normalized spacial score (nSPS) is 15.4. The molecule has 0 aliphatic carbocycles. The predicted octanol–water partition coefficient (Wildman–Crippen LogP) is 2.00. The molecule has 1 aromatic rings. The standard InChI is InChI=1S/C15H22N4O2/c20-14-7-2-1-3-10-19(14)11-5-9-17-15(21)18-13-6-4-8-16-12-13/h4,6,8,12H,1-3,5,7,9-11H2,(H2,17,18,21). The number of hydrogen-bond donors (Lipinski definition) is 2. The van der Waals surface area contributed by atoms with Gasteiger partial charge in [0.05, 0.1) is 11.9 Å². The molecule has 2 heterocycles. The fraction of sp³-hybridized carbons (Fsp3) is 0.533. The number of carbonyl (C=O) groups excluding carboxylic acids is 2. The highest BCUT2D eigenvalue weighted by Crippen LogP contribution is 2.11. The second-order valence-electron chi connectivity index (χ2n) is 5.17.